The van der Waals surface area contributed by atoms with Crippen molar-refractivity contribution in [1.29, 1.82) is 0 Å². The molecule has 2 bridgehead atoms. The topological polar surface area (TPSA) is 75.6 Å². The van der Waals surface area contributed by atoms with Crippen LogP contribution in [0.5, 0.6) is 0 Å². The first-order valence-electron chi connectivity index (χ1n) is 5.68. The summed E-state index contributed by atoms with van der Waals surface area (Å²) in [4.78, 5) is 23.3. The number of hydrogen-bond acceptors (Lipinski definition) is 3. The standard InChI is InChI=1S/C12H17NO4/c1-12(2,3)13-10(14)8-6-4-5-7(17-6)9(8)11(15)16/h4-9H,1-3H3,(H,13,14)(H,15,16)/t6-,7-,8+,9-/m0/s1. The van der Waals surface area contributed by atoms with Gasteiger partial charge in [0.25, 0.3) is 0 Å². The number of rotatable bonds is 2. The normalized spacial score (nSPS) is 35.0. The molecule has 17 heavy (non-hydrogen) atoms. The van der Waals surface area contributed by atoms with Gasteiger partial charge in [-0.05, 0) is 20.8 Å². The lowest BCUT2D eigenvalue weighted by atomic mass is 9.82. The molecule has 0 aromatic rings. The summed E-state index contributed by atoms with van der Waals surface area (Å²) in [5.41, 5.74) is -0.369. The number of carboxylic acids is 1. The molecule has 1 fully saturated rings. The van der Waals surface area contributed by atoms with E-state index in [1.807, 2.05) is 20.8 Å². The van der Waals surface area contributed by atoms with Gasteiger partial charge >= 0.3 is 5.97 Å². The Hall–Kier alpha value is -1.36. The highest BCUT2D eigenvalue weighted by molar-refractivity contribution is 5.87. The predicted molar refractivity (Wildman–Crippen MR) is 60.3 cm³/mol. The largest absolute Gasteiger partial charge is 0.481 e. The molecule has 0 spiro atoms. The van der Waals surface area contributed by atoms with E-state index < -0.39 is 30.0 Å². The first-order valence-corrected chi connectivity index (χ1v) is 5.68. The maximum absolute atomic E-state index is 12.1. The van der Waals surface area contributed by atoms with Crippen LogP contribution in [0.4, 0.5) is 0 Å². The second-order valence-corrected chi connectivity index (χ2v) is 5.58. The number of nitrogens with one attached hydrogen (secondary N) is 1. The quantitative estimate of drug-likeness (QED) is 0.690. The lowest BCUT2D eigenvalue weighted by Gasteiger charge is -2.26. The number of amides is 1. The summed E-state index contributed by atoms with van der Waals surface area (Å²) in [6.07, 6.45) is 2.64. The smallest absolute Gasteiger partial charge is 0.310 e. The van der Waals surface area contributed by atoms with Gasteiger partial charge in [-0.3, -0.25) is 9.59 Å². The zero-order chi connectivity index (χ0) is 12.8. The Morgan fingerprint density at radius 1 is 1.18 bits per heavy atom. The summed E-state index contributed by atoms with van der Waals surface area (Å²) in [6.45, 7) is 5.60. The molecule has 2 rings (SSSR count). The summed E-state index contributed by atoms with van der Waals surface area (Å²) in [6, 6.07) is 0. The van der Waals surface area contributed by atoms with Crippen molar-refractivity contribution in [2.45, 2.75) is 38.5 Å². The molecular formula is C12H17NO4. The molecule has 2 heterocycles. The minimum Gasteiger partial charge on any atom is -0.481 e. The van der Waals surface area contributed by atoms with Crippen LogP contribution in [0.25, 0.3) is 0 Å². The van der Waals surface area contributed by atoms with Gasteiger partial charge < -0.3 is 15.2 Å². The predicted octanol–water partition coefficient (Wildman–Crippen LogP) is 0.555. The summed E-state index contributed by atoms with van der Waals surface area (Å²) < 4.78 is 5.44. The van der Waals surface area contributed by atoms with Gasteiger partial charge in [-0.15, -0.1) is 0 Å². The molecule has 0 saturated carbocycles. The van der Waals surface area contributed by atoms with Gasteiger partial charge in [-0.25, -0.2) is 0 Å². The Morgan fingerprint density at radius 3 is 2.18 bits per heavy atom. The Balaban J connectivity index is 2.17. The monoisotopic (exact) mass is 239 g/mol. The highest BCUT2D eigenvalue weighted by atomic mass is 16.5. The molecule has 1 amide bonds. The minimum atomic E-state index is -0.976. The van der Waals surface area contributed by atoms with Crippen LogP contribution >= 0.6 is 0 Å². The van der Waals surface area contributed by atoms with Crippen LogP contribution in [0.2, 0.25) is 0 Å². The number of fused-ring (bicyclic) bond motifs is 2. The van der Waals surface area contributed by atoms with E-state index in [0.717, 1.165) is 0 Å². The fourth-order valence-corrected chi connectivity index (χ4v) is 2.37. The van der Waals surface area contributed by atoms with Crippen LogP contribution in [-0.4, -0.2) is 34.7 Å². The number of carbonyl (C=O) groups is 2. The molecule has 2 aliphatic rings. The van der Waals surface area contributed by atoms with E-state index in [1.54, 1.807) is 12.2 Å². The van der Waals surface area contributed by atoms with Crippen molar-refractivity contribution < 1.29 is 19.4 Å². The van der Waals surface area contributed by atoms with Gasteiger partial charge in [0.15, 0.2) is 0 Å². The lowest BCUT2D eigenvalue weighted by molar-refractivity contribution is -0.147. The SMILES string of the molecule is CC(C)(C)NC(=O)[C@H]1[C@@H](C(=O)O)[C@@H]2C=C[C@@H]1O2. The van der Waals surface area contributed by atoms with Crippen molar-refractivity contribution in [1.82, 2.24) is 5.32 Å². The van der Waals surface area contributed by atoms with Crippen molar-refractivity contribution in [2.75, 3.05) is 0 Å². The maximum atomic E-state index is 12.1. The minimum absolute atomic E-state index is 0.248. The molecule has 1 saturated heterocycles. The van der Waals surface area contributed by atoms with Gasteiger partial charge in [0.2, 0.25) is 5.91 Å². The van der Waals surface area contributed by atoms with Crippen molar-refractivity contribution in [2.24, 2.45) is 11.8 Å². The van der Waals surface area contributed by atoms with E-state index in [4.69, 9.17) is 9.84 Å². The van der Waals surface area contributed by atoms with Crippen molar-refractivity contribution in [3.8, 4) is 0 Å². The first-order chi connectivity index (χ1) is 7.79. The zero-order valence-electron chi connectivity index (χ0n) is 10.1. The molecule has 2 aliphatic heterocycles. The number of hydrogen-bond donors (Lipinski definition) is 2. The van der Waals surface area contributed by atoms with Crippen LogP contribution in [0, 0.1) is 11.8 Å². The van der Waals surface area contributed by atoms with Gasteiger partial charge in [0.1, 0.15) is 5.92 Å². The van der Waals surface area contributed by atoms with Crippen LogP contribution < -0.4 is 5.32 Å². The number of ether oxygens (including phenoxy) is 1. The molecule has 2 N–H and O–H groups in total. The Kier molecular flexibility index (Phi) is 2.73. The number of carbonyl (C=O) groups excluding carboxylic acids is 1. The summed E-state index contributed by atoms with van der Waals surface area (Å²) in [5.74, 6) is -2.62. The summed E-state index contributed by atoms with van der Waals surface area (Å²) in [7, 11) is 0. The van der Waals surface area contributed by atoms with Gasteiger partial charge in [-0.2, -0.15) is 0 Å². The highest BCUT2D eigenvalue weighted by Crippen LogP contribution is 2.39. The van der Waals surface area contributed by atoms with Gasteiger partial charge in [-0.1, -0.05) is 12.2 Å². The lowest BCUT2D eigenvalue weighted by Crippen LogP contribution is -2.49. The molecule has 5 heteroatoms. The molecular weight excluding hydrogens is 222 g/mol. The number of aliphatic carboxylic acids is 1. The van der Waals surface area contributed by atoms with Crippen molar-refractivity contribution in [3.63, 3.8) is 0 Å². The first kappa shape index (κ1) is 12.1. The molecule has 94 valence electrons. The molecule has 0 aromatic carbocycles. The summed E-state index contributed by atoms with van der Waals surface area (Å²) in [5, 5.41) is 12.0. The summed E-state index contributed by atoms with van der Waals surface area (Å²) >= 11 is 0. The second-order valence-electron chi connectivity index (χ2n) is 5.58. The van der Waals surface area contributed by atoms with Gasteiger partial charge in [0, 0.05) is 5.54 Å². The Labute approximate surface area is 99.8 Å². The average Bonchev–Trinajstić information content (AvgIpc) is 2.72. The molecule has 0 unspecified atom stereocenters. The van der Waals surface area contributed by atoms with Crippen molar-refractivity contribution >= 4 is 11.9 Å². The molecule has 0 radical (unpaired) electrons. The Bertz CT molecular complexity index is 382. The molecule has 5 nitrogen and oxygen atoms in total. The zero-order valence-corrected chi connectivity index (χ0v) is 10.1. The Morgan fingerprint density at radius 2 is 1.71 bits per heavy atom. The van der Waals surface area contributed by atoms with Crippen LogP contribution in [0.1, 0.15) is 20.8 Å². The van der Waals surface area contributed by atoms with E-state index in [1.165, 1.54) is 0 Å². The van der Waals surface area contributed by atoms with Crippen molar-refractivity contribution in [3.05, 3.63) is 12.2 Å². The fourth-order valence-electron chi connectivity index (χ4n) is 2.37. The van der Waals surface area contributed by atoms with E-state index in [-0.39, 0.29) is 11.4 Å². The molecule has 0 aromatic heterocycles. The number of carboxylic acid groups (broad SMARTS) is 1. The third-order valence-corrected chi connectivity index (χ3v) is 2.99. The highest BCUT2D eigenvalue weighted by Gasteiger charge is 2.53. The molecule has 4 atom stereocenters. The van der Waals surface area contributed by atoms with Crippen LogP contribution in [0.15, 0.2) is 12.2 Å². The van der Waals surface area contributed by atoms with Crippen LogP contribution in [-0.2, 0) is 14.3 Å². The average molecular weight is 239 g/mol. The molecule has 0 aliphatic carbocycles. The van der Waals surface area contributed by atoms with Crippen LogP contribution in [0.3, 0.4) is 0 Å². The van der Waals surface area contributed by atoms with Gasteiger partial charge in [0.05, 0.1) is 18.1 Å². The third kappa shape index (κ3) is 2.20. The van der Waals surface area contributed by atoms with E-state index in [0.29, 0.717) is 0 Å². The van der Waals surface area contributed by atoms with E-state index >= 15 is 0 Å². The maximum Gasteiger partial charge on any atom is 0.310 e. The fraction of sp³-hybridized carbons (Fsp3) is 0.667. The van der Waals surface area contributed by atoms with E-state index in [9.17, 15) is 9.59 Å². The third-order valence-electron chi connectivity index (χ3n) is 2.99. The second kappa shape index (κ2) is 3.84. The van der Waals surface area contributed by atoms with E-state index in [2.05, 4.69) is 5.32 Å².